The highest BCUT2D eigenvalue weighted by atomic mass is 16.5. The Morgan fingerprint density at radius 1 is 0.969 bits per heavy atom. The van der Waals surface area contributed by atoms with E-state index in [2.05, 4.69) is 28.9 Å². The third-order valence-electron chi connectivity index (χ3n) is 4.92. The lowest BCUT2D eigenvalue weighted by atomic mass is 9.93. The molecular formula is C26H27N3O3. The number of carbonyl (C=O) groups excluding carboxylic acids is 2. The molecule has 0 aliphatic carbocycles. The van der Waals surface area contributed by atoms with Gasteiger partial charge >= 0.3 is 6.03 Å². The molecule has 1 aromatic heterocycles. The molecule has 1 heterocycles. The summed E-state index contributed by atoms with van der Waals surface area (Å²) in [4.78, 5) is 24.9. The first-order chi connectivity index (χ1) is 15.2. The van der Waals surface area contributed by atoms with E-state index < -0.39 is 6.03 Å². The molecule has 6 heteroatoms. The molecule has 0 unspecified atom stereocenters. The number of hydrogen-bond acceptors (Lipinski definition) is 4. The van der Waals surface area contributed by atoms with E-state index >= 15 is 0 Å². The van der Waals surface area contributed by atoms with Gasteiger partial charge < -0.3 is 9.84 Å². The quantitative estimate of drug-likeness (QED) is 0.430. The molecule has 0 fully saturated rings. The zero-order valence-electron chi connectivity index (χ0n) is 18.6. The molecule has 0 aliphatic rings. The van der Waals surface area contributed by atoms with Gasteiger partial charge in [0.15, 0.2) is 11.6 Å². The van der Waals surface area contributed by atoms with Gasteiger partial charge in [0, 0.05) is 29.2 Å². The van der Waals surface area contributed by atoms with Crippen molar-refractivity contribution in [2.24, 2.45) is 0 Å². The van der Waals surface area contributed by atoms with Crippen LogP contribution in [0.2, 0.25) is 0 Å². The average molecular weight is 430 g/mol. The lowest BCUT2D eigenvalue weighted by Crippen LogP contribution is -2.19. The fourth-order valence-corrected chi connectivity index (χ4v) is 3.07. The second-order valence-corrected chi connectivity index (χ2v) is 8.45. The third-order valence-corrected chi connectivity index (χ3v) is 4.92. The lowest BCUT2D eigenvalue weighted by Gasteiger charge is -2.12. The highest BCUT2D eigenvalue weighted by molar-refractivity contribution is 6.00. The van der Waals surface area contributed by atoms with Gasteiger partial charge in [0.25, 0.3) is 0 Å². The molecule has 0 radical (unpaired) electrons. The lowest BCUT2D eigenvalue weighted by molar-refractivity contribution is 0.0993. The smallest absolute Gasteiger partial charge is 0.324 e. The number of hydrogen-bond donors (Lipinski definition) is 2. The maximum atomic E-state index is 12.7. The Balaban J connectivity index is 1.59. The van der Waals surface area contributed by atoms with Gasteiger partial charge in [-0.1, -0.05) is 75.5 Å². The number of aromatic nitrogens is 1. The first kappa shape index (κ1) is 22.7. The number of Topliss-reactive ketones (excluding diaryl/α,β-unsaturated/α-hetero) is 1. The number of anilines is 2. The molecule has 2 N–H and O–H groups in total. The van der Waals surface area contributed by atoms with Crippen molar-refractivity contribution in [3.63, 3.8) is 0 Å². The minimum absolute atomic E-state index is 0.00264. The van der Waals surface area contributed by atoms with Crippen molar-refractivity contribution in [1.29, 1.82) is 0 Å². The summed E-state index contributed by atoms with van der Waals surface area (Å²) in [6.45, 7) is 13.6. The Morgan fingerprint density at radius 2 is 1.66 bits per heavy atom. The Kier molecular flexibility index (Phi) is 6.73. The van der Waals surface area contributed by atoms with Crippen molar-refractivity contribution < 1.29 is 14.1 Å². The van der Waals surface area contributed by atoms with E-state index in [1.807, 2.05) is 45.0 Å². The number of nitrogens with one attached hydrogen (secondary N) is 2. The predicted molar refractivity (Wildman–Crippen MR) is 129 cm³/mol. The van der Waals surface area contributed by atoms with Crippen LogP contribution in [-0.2, 0) is 11.8 Å². The Morgan fingerprint density at radius 3 is 2.25 bits per heavy atom. The van der Waals surface area contributed by atoms with Crippen LogP contribution in [0.5, 0.6) is 0 Å². The molecule has 164 valence electrons. The van der Waals surface area contributed by atoms with Crippen LogP contribution >= 0.6 is 0 Å². The van der Waals surface area contributed by atoms with Crippen molar-refractivity contribution in [1.82, 2.24) is 5.16 Å². The van der Waals surface area contributed by atoms with Crippen molar-refractivity contribution in [3.05, 3.63) is 89.7 Å². The number of amides is 2. The van der Waals surface area contributed by atoms with E-state index in [0.29, 0.717) is 22.8 Å². The molecule has 3 rings (SSSR count). The van der Waals surface area contributed by atoms with Crippen LogP contribution in [0.25, 0.3) is 12.2 Å². The third kappa shape index (κ3) is 5.60. The van der Waals surface area contributed by atoms with Gasteiger partial charge in [0.1, 0.15) is 5.76 Å². The van der Waals surface area contributed by atoms with Gasteiger partial charge in [-0.3, -0.25) is 10.1 Å². The van der Waals surface area contributed by atoms with Crippen molar-refractivity contribution in [3.8, 4) is 0 Å². The number of rotatable bonds is 7. The molecule has 0 bridgehead atoms. The minimum atomic E-state index is -0.429. The van der Waals surface area contributed by atoms with Crippen molar-refractivity contribution in [2.75, 3.05) is 10.6 Å². The van der Waals surface area contributed by atoms with Gasteiger partial charge in [-0.15, -0.1) is 0 Å². The molecule has 2 amide bonds. The highest BCUT2D eigenvalue weighted by Crippen LogP contribution is 2.24. The molecule has 0 saturated heterocycles. The number of nitrogens with zero attached hydrogens (tertiary/aromatic N) is 1. The number of benzene rings is 2. The zero-order valence-corrected chi connectivity index (χ0v) is 18.6. The maximum absolute atomic E-state index is 12.7. The van der Waals surface area contributed by atoms with E-state index in [1.54, 1.807) is 36.4 Å². The average Bonchev–Trinajstić information content (AvgIpc) is 3.23. The zero-order chi connectivity index (χ0) is 23.3. The number of ketones is 1. The molecule has 32 heavy (non-hydrogen) atoms. The molecule has 0 spiro atoms. The van der Waals surface area contributed by atoms with Crippen LogP contribution < -0.4 is 10.6 Å². The normalized spacial score (nSPS) is 11.0. The van der Waals surface area contributed by atoms with Crippen LogP contribution in [0.15, 0.2) is 66.2 Å². The second kappa shape index (κ2) is 9.47. The van der Waals surface area contributed by atoms with E-state index in [0.717, 1.165) is 16.7 Å². The Hall–Kier alpha value is -3.93. The van der Waals surface area contributed by atoms with E-state index in [-0.39, 0.29) is 17.6 Å². The summed E-state index contributed by atoms with van der Waals surface area (Å²) in [5, 5.41) is 9.26. The fourth-order valence-electron chi connectivity index (χ4n) is 3.07. The largest absolute Gasteiger partial charge is 0.359 e. The minimum Gasteiger partial charge on any atom is -0.359 e. The van der Waals surface area contributed by atoms with Crippen LogP contribution in [0.4, 0.5) is 16.3 Å². The monoisotopic (exact) mass is 429 g/mol. The fraction of sp³-hybridized carbons (Fsp3) is 0.192. The van der Waals surface area contributed by atoms with Gasteiger partial charge in [-0.05, 0) is 34.9 Å². The summed E-state index contributed by atoms with van der Waals surface area (Å²) in [7, 11) is 0. The second-order valence-electron chi connectivity index (χ2n) is 8.45. The topological polar surface area (TPSA) is 84.2 Å². The Bertz CT molecular complexity index is 1150. The standard InChI is InChI=1S/C26H27N3O3/c1-6-18-10-11-20(15-19(18)7-2)22(30)14-17-8-12-21(13-9-17)27-25(31)28-24-16-23(32-29-24)26(3,4)5/h6-13,15-16H,1-2,14H2,3-5H3,(H2,27,28,29,31). The summed E-state index contributed by atoms with van der Waals surface area (Å²) < 4.78 is 5.26. The van der Waals surface area contributed by atoms with Gasteiger partial charge in [0.05, 0.1) is 0 Å². The molecule has 0 aliphatic heterocycles. The van der Waals surface area contributed by atoms with E-state index in [4.69, 9.17) is 4.52 Å². The first-order valence-electron chi connectivity index (χ1n) is 10.3. The SMILES string of the molecule is C=Cc1ccc(C(=O)Cc2ccc(NC(=O)Nc3cc(C(C)(C)C)on3)cc2)cc1C=C. The molecular weight excluding hydrogens is 402 g/mol. The van der Waals surface area contributed by atoms with Crippen LogP contribution in [0.3, 0.4) is 0 Å². The first-order valence-corrected chi connectivity index (χ1v) is 10.3. The highest BCUT2D eigenvalue weighted by Gasteiger charge is 2.20. The summed E-state index contributed by atoms with van der Waals surface area (Å²) in [6, 6.07) is 13.9. The molecule has 6 nitrogen and oxygen atoms in total. The van der Waals surface area contributed by atoms with Crippen LogP contribution in [-0.4, -0.2) is 17.0 Å². The summed E-state index contributed by atoms with van der Waals surface area (Å²) in [6.07, 6.45) is 3.70. The van der Waals surface area contributed by atoms with Gasteiger partial charge in [0.2, 0.25) is 0 Å². The number of urea groups is 1. The van der Waals surface area contributed by atoms with Gasteiger partial charge in [-0.2, -0.15) is 0 Å². The summed E-state index contributed by atoms with van der Waals surface area (Å²) >= 11 is 0. The Labute approximate surface area is 188 Å². The maximum Gasteiger partial charge on any atom is 0.324 e. The van der Waals surface area contributed by atoms with Gasteiger partial charge in [-0.25, -0.2) is 4.79 Å². The summed E-state index contributed by atoms with van der Waals surface area (Å²) in [5.41, 5.74) is 3.68. The predicted octanol–water partition coefficient (Wildman–Crippen LogP) is 6.33. The van der Waals surface area contributed by atoms with Crippen molar-refractivity contribution >= 4 is 35.5 Å². The molecule has 2 aromatic carbocycles. The molecule has 3 aromatic rings. The number of carbonyl (C=O) groups is 2. The van der Waals surface area contributed by atoms with E-state index in [9.17, 15) is 9.59 Å². The van der Waals surface area contributed by atoms with Crippen molar-refractivity contribution in [2.45, 2.75) is 32.6 Å². The molecule has 0 saturated carbocycles. The van der Waals surface area contributed by atoms with Crippen LogP contribution in [0.1, 0.15) is 53.6 Å². The van der Waals surface area contributed by atoms with Crippen LogP contribution in [0, 0.1) is 0 Å². The molecule has 0 atom stereocenters. The summed E-state index contributed by atoms with van der Waals surface area (Å²) in [5.74, 6) is 1.03. The van der Waals surface area contributed by atoms with E-state index in [1.165, 1.54) is 0 Å².